The second-order valence-corrected chi connectivity index (χ2v) is 5.51. The molecule has 106 valence electrons. The lowest BCUT2D eigenvalue weighted by atomic mass is 10.0. The number of methoxy groups -OCH3 is 1. The molecule has 0 heterocycles. The first-order chi connectivity index (χ1) is 10.2. The normalized spacial score (nSPS) is 11.5. The summed E-state index contributed by atoms with van der Waals surface area (Å²) in [4.78, 5) is 0.933. The minimum Gasteiger partial charge on any atom is -0.497 e. The van der Waals surface area contributed by atoms with Crippen LogP contribution in [0.15, 0.2) is 48.5 Å². The van der Waals surface area contributed by atoms with Crippen molar-refractivity contribution in [3.63, 3.8) is 0 Å². The molecule has 0 N–H and O–H groups in total. The molecule has 0 unspecified atom stereocenters. The van der Waals surface area contributed by atoms with Gasteiger partial charge in [-0.05, 0) is 41.6 Å². The van der Waals surface area contributed by atoms with E-state index < -0.39 is 0 Å². The van der Waals surface area contributed by atoms with Crippen molar-refractivity contribution in [1.82, 2.24) is 0 Å². The van der Waals surface area contributed by atoms with Crippen LogP contribution in [-0.4, -0.2) is 13.4 Å². The highest BCUT2D eigenvalue weighted by molar-refractivity contribution is 8.08. The lowest BCUT2D eigenvalue weighted by Crippen LogP contribution is -1.89. The summed E-state index contributed by atoms with van der Waals surface area (Å²) < 4.78 is 5.16. The van der Waals surface area contributed by atoms with E-state index in [9.17, 15) is 5.26 Å². The average Bonchev–Trinajstić information content (AvgIpc) is 2.54. The first-order valence-corrected chi connectivity index (χ1v) is 7.88. The van der Waals surface area contributed by atoms with Gasteiger partial charge in [-0.2, -0.15) is 5.26 Å². The van der Waals surface area contributed by atoms with Crippen LogP contribution in [0.25, 0.3) is 10.5 Å². The molecule has 0 saturated heterocycles. The zero-order chi connectivity index (χ0) is 15.2. The number of thioether (sulfide) groups is 1. The van der Waals surface area contributed by atoms with Crippen LogP contribution in [0.3, 0.4) is 0 Å². The Bertz CT molecular complexity index is 684. The molecule has 0 spiro atoms. The molecule has 0 aliphatic rings. The second kappa shape index (κ2) is 7.21. The number of allylic oxidation sites excluding steroid dienone is 1. The Labute approximate surface area is 134 Å². The van der Waals surface area contributed by atoms with Crippen LogP contribution in [0.1, 0.15) is 11.1 Å². The van der Waals surface area contributed by atoms with Crippen LogP contribution in [0.5, 0.6) is 5.75 Å². The number of halogens is 1. The minimum absolute atomic E-state index is 0.643. The number of hydrogen-bond donors (Lipinski definition) is 0. The van der Waals surface area contributed by atoms with Gasteiger partial charge in [0.05, 0.1) is 12.7 Å². The van der Waals surface area contributed by atoms with Gasteiger partial charge >= 0.3 is 0 Å². The van der Waals surface area contributed by atoms with E-state index in [1.54, 1.807) is 31.0 Å². The smallest absolute Gasteiger partial charge is 0.118 e. The fourth-order valence-electron chi connectivity index (χ4n) is 1.97. The summed E-state index contributed by atoms with van der Waals surface area (Å²) in [5.41, 5.74) is 2.50. The van der Waals surface area contributed by atoms with Crippen LogP contribution in [0, 0.1) is 11.3 Å². The zero-order valence-corrected chi connectivity index (χ0v) is 13.3. The Morgan fingerprint density at radius 2 is 1.62 bits per heavy atom. The van der Waals surface area contributed by atoms with Crippen molar-refractivity contribution in [3.05, 3.63) is 64.7 Å². The van der Waals surface area contributed by atoms with Crippen molar-refractivity contribution in [1.29, 1.82) is 5.26 Å². The Kier molecular flexibility index (Phi) is 5.32. The number of rotatable bonds is 4. The van der Waals surface area contributed by atoms with E-state index in [0.717, 1.165) is 21.8 Å². The number of nitriles is 1. The van der Waals surface area contributed by atoms with E-state index in [2.05, 4.69) is 6.07 Å². The molecule has 0 saturated carbocycles. The topological polar surface area (TPSA) is 33.0 Å². The maximum Gasteiger partial charge on any atom is 0.118 e. The molecule has 0 radical (unpaired) electrons. The molecular weight excluding hydrogens is 302 g/mol. The van der Waals surface area contributed by atoms with Crippen molar-refractivity contribution in [3.8, 4) is 11.8 Å². The van der Waals surface area contributed by atoms with E-state index in [1.807, 2.05) is 42.7 Å². The Morgan fingerprint density at radius 3 is 2.10 bits per heavy atom. The van der Waals surface area contributed by atoms with Crippen LogP contribution < -0.4 is 4.74 Å². The monoisotopic (exact) mass is 315 g/mol. The van der Waals surface area contributed by atoms with Gasteiger partial charge in [0.25, 0.3) is 0 Å². The first kappa shape index (κ1) is 15.5. The van der Waals surface area contributed by atoms with Crippen molar-refractivity contribution >= 4 is 33.8 Å². The molecule has 2 nitrogen and oxygen atoms in total. The van der Waals surface area contributed by atoms with Crippen molar-refractivity contribution in [2.24, 2.45) is 0 Å². The van der Waals surface area contributed by atoms with E-state index >= 15 is 0 Å². The fourth-order valence-corrected chi connectivity index (χ4v) is 2.84. The van der Waals surface area contributed by atoms with Gasteiger partial charge in [-0.15, -0.1) is 11.8 Å². The van der Waals surface area contributed by atoms with Crippen LogP contribution >= 0.6 is 23.4 Å². The summed E-state index contributed by atoms with van der Waals surface area (Å²) >= 11 is 7.46. The molecule has 2 aromatic rings. The third-order valence-electron chi connectivity index (χ3n) is 3.03. The molecule has 0 aliphatic heterocycles. The molecule has 2 rings (SSSR count). The van der Waals surface area contributed by atoms with Gasteiger partial charge in [-0.25, -0.2) is 0 Å². The largest absolute Gasteiger partial charge is 0.497 e. The highest BCUT2D eigenvalue weighted by Crippen LogP contribution is 2.34. The molecule has 21 heavy (non-hydrogen) atoms. The highest BCUT2D eigenvalue weighted by atomic mass is 35.5. The molecule has 0 fully saturated rings. The molecule has 2 aromatic carbocycles. The average molecular weight is 316 g/mol. The second-order valence-electron chi connectivity index (χ2n) is 4.26. The Morgan fingerprint density at radius 1 is 1.05 bits per heavy atom. The standard InChI is InChI=1S/C17H14ClNOS/c1-20-15-9-5-13(6-10-15)17(21-2)16(11-19)12-3-7-14(18)8-4-12/h3-10H,1-2H3/b17-16-. The summed E-state index contributed by atoms with van der Waals surface area (Å²) in [6.45, 7) is 0. The summed E-state index contributed by atoms with van der Waals surface area (Å²) in [6, 6.07) is 17.3. The number of ether oxygens (including phenoxy) is 1. The summed E-state index contributed by atoms with van der Waals surface area (Å²) in [5, 5.41) is 10.2. The van der Waals surface area contributed by atoms with Crippen molar-refractivity contribution < 1.29 is 4.74 Å². The van der Waals surface area contributed by atoms with E-state index in [1.165, 1.54) is 0 Å². The molecule has 4 heteroatoms. The molecule has 0 atom stereocenters. The van der Waals surface area contributed by atoms with Gasteiger partial charge in [0.15, 0.2) is 0 Å². The number of hydrogen-bond acceptors (Lipinski definition) is 3. The van der Waals surface area contributed by atoms with Crippen molar-refractivity contribution in [2.75, 3.05) is 13.4 Å². The van der Waals surface area contributed by atoms with Crippen LogP contribution in [0.4, 0.5) is 0 Å². The van der Waals surface area contributed by atoms with Gasteiger partial charge < -0.3 is 4.74 Å². The van der Waals surface area contributed by atoms with Crippen molar-refractivity contribution in [2.45, 2.75) is 0 Å². The van der Waals surface area contributed by atoms with Crippen LogP contribution in [-0.2, 0) is 0 Å². The summed E-state index contributed by atoms with van der Waals surface area (Å²) in [7, 11) is 1.63. The van der Waals surface area contributed by atoms with Gasteiger partial charge in [0, 0.05) is 9.93 Å². The lowest BCUT2D eigenvalue weighted by Gasteiger charge is -2.10. The third kappa shape index (κ3) is 3.60. The number of benzene rings is 2. The predicted molar refractivity (Wildman–Crippen MR) is 90.4 cm³/mol. The molecular formula is C17H14ClNOS. The van der Waals surface area contributed by atoms with Crippen LogP contribution in [0.2, 0.25) is 5.02 Å². The maximum absolute atomic E-state index is 9.53. The lowest BCUT2D eigenvalue weighted by molar-refractivity contribution is 0.415. The first-order valence-electron chi connectivity index (χ1n) is 6.28. The number of nitrogens with zero attached hydrogens (tertiary/aromatic N) is 1. The molecule has 0 amide bonds. The Balaban J connectivity index is 2.52. The van der Waals surface area contributed by atoms with E-state index in [0.29, 0.717) is 10.6 Å². The van der Waals surface area contributed by atoms with Gasteiger partial charge in [0.1, 0.15) is 11.8 Å². The highest BCUT2D eigenvalue weighted by Gasteiger charge is 2.11. The van der Waals surface area contributed by atoms with E-state index in [4.69, 9.17) is 16.3 Å². The zero-order valence-electron chi connectivity index (χ0n) is 11.8. The fraction of sp³-hybridized carbons (Fsp3) is 0.118. The predicted octanol–water partition coefficient (Wildman–Crippen LogP) is 5.10. The minimum atomic E-state index is 0.643. The van der Waals surface area contributed by atoms with E-state index in [-0.39, 0.29) is 0 Å². The Hall–Kier alpha value is -1.89. The molecule has 0 bridgehead atoms. The molecule has 0 aliphatic carbocycles. The third-order valence-corrected chi connectivity index (χ3v) is 4.13. The summed E-state index contributed by atoms with van der Waals surface area (Å²) in [5.74, 6) is 0.796. The van der Waals surface area contributed by atoms with Gasteiger partial charge in [-0.1, -0.05) is 35.9 Å². The quantitative estimate of drug-likeness (QED) is 0.581. The van der Waals surface area contributed by atoms with Gasteiger partial charge in [0.2, 0.25) is 0 Å². The SMILES string of the molecule is COc1ccc(/C(SC)=C(\C#N)c2ccc(Cl)cc2)cc1. The molecule has 0 aromatic heterocycles. The van der Waals surface area contributed by atoms with Gasteiger partial charge in [-0.3, -0.25) is 0 Å². The summed E-state index contributed by atoms with van der Waals surface area (Å²) in [6.07, 6.45) is 1.97. The maximum atomic E-state index is 9.53.